The number of hydrogen-bond donors (Lipinski definition) is 1. The fourth-order valence-electron chi connectivity index (χ4n) is 2.00. The van der Waals surface area contributed by atoms with Crippen molar-refractivity contribution < 1.29 is 0 Å². The quantitative estimate of drug-likeness (QED) is 0.715. The predicted octanol–water partition coefficient (Wildman–Crippen LogP) is 0.144. The maximum atomic E-state index is 5.92. The van der Waals surface area contributed by atoms with Crippen LogP contribution in [0.25, 0.3) is 0 Å². The van der Waals surface area contributed by atoms with Crippen LogP contribution in [0.4, 0.5) is 11.5 Å². The second kappa shape index (κ2) is 4.10. The molecular formula is C10H19N5. The summed E-state index contributed by atoms with van der Waals surface area (Å²) in [5.41, 5.74) is 6.70. The number of likely N-dealkylation sites (N-methyl/N-ethyl adjacent to an activating group) is 1. The number of aryl methyl sites for hydroxylation is 1. The second-order valence-corrected chi connectivity index (χ2v) is 4.23. The molecule has 0 aliphatic carbocycles. The lowest BCUT2D eigenvalue weighted by Gasteiger charge is -2.20. The van der Waals surface area contributed by atoms with Gasteiger partial charge in [-0.25, -0.2) is 0 Å². The number of nitrogens with two attached hydrogens (primary N) is 1. The third kappa shape index (κ3) is 2.23. The second-order valence-electron chi connectivity index (χ2n) is 4.23. The van der Waals surface area contributed by atoms with Crippen LogP contribution in [0.1, 0.15) is 6.42 Å². The summed E-state index contributed by atoms with van der Waals surface area (Å²) < 4.78 is 1.78. The van der Waals surface area contributed by atoms with Gasteiger partial charge in [0.1, 0.15) is 0 Å². The van der Waals surface area contributed by atoms with Crippen molar-refractivity contribution in [1.29, 1.82) is 0 Å². The van der Waals surface area contributed by atoms with E-state index in [1.807, 2.05) is 13.2 Å². The Morgan fingerprint density at radius 3 is 2.67 bits per heavy atom. The summed E-state index contributed by atoms with van der Waals surface area (Å²) in [5.74, 6) is 0.938. The molecule has 0 bridgehead atoms. The van der Waals surface area contributed by atoms with Crippen LogP contribution in [0.3, 0.4) is 0 Å². The Balaban J connectivity index is 2.12. The molecule has 0 amide bonds. The first-order valence-corrected chi connectivity index (χ1v) is 5.39. The van der Waals surface area contributed by atoms with E-state index < -0.39 is 0 Å². The van der Waals surface area contributed by atoms with Gasteiger partial charge in [0, 0.05) is 32.9 Å². The number of nitrogen functional groups attached to an aromatic ring is 1. The van der Waals surface area contributed by atoms with Gasteiger partial charge in [-0.15, -0.1) is 0 Å². The first-order valence-electron chi connectivity index (χ1n) is 5.39. The number of nitrogens with zero attached hydrogens (tertiary/aromatic N) is 4. The van der Waals surface area contributed by atoms with Gasteiger partial charge in [0.2, 0.25) is 0 Å². The van der Waals surface area contributed by atoms with Gasteiger partial charge in [-0.1, -0.05) is 0 Å². The van der Waals surface area contributed by atoms with Gasteiger partial charge in [0.25, 0.3) is 0 Å². The highest BCUT2D eigenvalue weighted by Crippen LogP contribution is 2.21. The van der Waals surface area contributed by atoms with E-state index in [9.17, 15) is 0 Å². The lowest BCUT2D eigenvalue weighted by atomic mass is 10.3. The highest BCUT2D eigenvalue weighted by atomic mass is 15.4. The lowest BCUT2D eigenvalue weighted by Crippen LogP contribution is -2.29. The van der Waals surface area contributed by atoms with Gasteiger partial charge in [-0.2, -0.15) is 5.10 Å². The van der Waals surface area contributed by atoms with Gasteiger partial charge in [-0.3, -0.25) is 4.68 Å². The third-order valence-corrected chi connectivity index (χ3v) is 2.86. The highest BCUT2D eigenvalue weighted by molar-refractivity contribution is 5.61. The van der Waals surface area contributed by atoms with E-state index in [4.69, 9.17) is 5.73 Å². The Morgan fingerprint density at radius 2 is 2.00 bits per heavy atom. The molecule has 5 nitrogen and oxygen atoms in total. The SMILES string of the molecule is CN1CCCN(c2nn(C)cc2N)CC1. The van der Waals surface area contributed by atoms with E-state index in [2.05, 4.69) is 21.9 Å². The first kappa shape index (κ1) is 10.3. The van der Waals surface area contributed by atoms with Crippen molar-refractivity contribution in [2.75, 3.05) is 43.9 Å². The normalized spacial score (nSPS) is 19.2. The zero-order valence-electron chi connectivity index (χ0n) is 9.48. The molecule has 15 heavy (non-hydrogen) atoms. The molecular weight excluding hydrogens is 190 g/mol. The van der Waals surface area contributed by atoms with Crippen LogP contribution < -0.4 is 10.6 Å². The van der Waals surface area contributed by atoms with E-state index in [0.717, 1.165) is 37.7 Å². The minimum Gasteiger partial charge on any atom is -0.394 e. The maximum Gasteiger partial charge on any atom is 0.173 e. The van der Waals surface area contributed by atoms with Crippen LogP contribution in [0.15, 0.2) is 6.20 Å². The summed E-state index contributed by atoms with van der Waals surface area (Å²) in [6.07, 6.45) is 3.04. The van der Waals surface area contributed by atoms with Crippen molar-refractivity contribution >= 4 is 11.5 Å². The largest absolute Gasteiger partial charge is 0.394 e. The summed E-state index contributed by atoms with van der Waals surface area (Å²) in [6, 6.07) is 0. The summed E-state index contributed by atoms with van der Waals surface area (Å²) in [6.45, 7) is 4.29. The molecule has 2 rings (SSSR count). The molecule has 2 N–H and O–H groups in total. The fraction of sp³-hybridized carbons (Fsp3) is 0.700. The Labute approximate surface area is 90.4 Å². The summed E-state index contributed by atoms with van der Waals surface area (Å²) >= 11 is 0. The average Bonchev–Trinajstić information content (AvgIpc) is 2.39. The standard InChI is InChI=1S/C10H19N5/c1-13-4-3-5-15(7-6-13)10-9(11)8-14(2)12-10/h8H,3-7,11H2,1-2H3. The smallest absolute Gasteiger partial charge is 0.173 e. The maximum absolute atomic E-state index is 5.92. The first-order chi connectivity index (χ1) is 7.16. The molecule has 1 saturated heterocycles. The molecule has 1 aliphatic rings. The van der Waals surface area contributed by atoms with Crippen LogP contribution in [-0.2, 0) is 7.05 Å². The van der Waals surface area contributed by atoms with Gasteiger partial charge >= 0.3 is 0 Å². The molecule has 1 aromatic rings. The van der Waals surface area contributed by atoms with Crippen molar-refractivity contribution in [3.05, 3.63) is 6.20 Å². The molecule has 1 aromatic heterocycles. The molecule has 1 fully saturated rings. The molecule has 0 aromatic carbocycles. The van der Waals surface area contributed by atoms with Gasteiger partial charge in [0.15, 0.2) is 5.82 Å². The molecule has 1 aliphatic heterocycles. The van der Waals surface area contributed by atoms with Crippen molar-refractivity contribution in [1.82, 2.24) is 14.7 Å². The molecule has 0 unspecified atom stereocenters. The van der Waals surface area contributed by atoms with Crippen LogP contribution in [0, 0.1) is 0 Å². The Kier molecular flexibility index (Phi) is 2.81. The zero-order valence-corrected chi connectivity index (χ0v) is 9.48. The fourth-order valence-corrected chi connectivity index (χ4v) is 2.00. The van der Waals surface area contributed by atoms with Gasteiger partial charge in [0.05, 0.1) is 5.69 Å². The predicted molar refractivity (Wildman–Crippen MR) is 61.9 cm³/mol. The minimum atomic E-state index is 0.780. The highest BCUT2D eigenvalue weighted by Gasteiger charge is 2.16. The Morgan fingerprint density at radius 1 is 1.20 bits per heavy atom. The van der Waals surface area contributed by atoms with Crippen molar-refractivity contribution in [3.63, 3.8) is 0 Å². The van der Waals surface area contributed by atoms with Crippen molar-refractivity contribution in [2.45, 2.75) is 6.42 Å². The average molecular weight is 209 g/mol. The number of rotatable bonds is 1. The monoisotopic (exact) mass is 209 g/mol. The molecule has 2 heterocycles. The minimum absolute atomic E-state index is 0.780. The Hall–Kier alpha value is -1.23. The number of hydrogen-bond acceptors (Lipinski definition) is 4. The van der Waals surface area contributed by atoms with E-state index in [0.29, 0.717) is 0 Å². The van der Waals surface area contributed by atoms with Crippen LogP contribution in [-0.4, -0.2) is 47.9 Å². The summed E-state index contributed by atoms with van der Waals surface area (Å²) in [5, 5.41) is 4.40. The molecule has 0 saturated carbocycles. The van der Waals surface area contributed by atoms with Crippen LogP contribution >= 0.6 is 0 Å². The summed E-state index contributed by atoms with van der Waals surface area (Å²) in [4.78, 5) is 4.62. The Bertz CT molecular complexity index is 333. The molecule has 84 valence electrons. The number of aromatic nitrogens is 2. The summed E-state index contributed by atoms with van der Waals surface area (Å²) in [7, 11) is 4.06. The molecule has 0 radical (unpaired) electrons. The van der Waals surface area contributed by atoms with Gasteiger partial charge < -0.3 is 15.5 Å². The number of anilines is 2. The van der Waals surface area contributed by atoms with Crippen LogP contribution in [0.5, 0.6) is 0 Å². The lowest BCUT2D eigenvalue weighted by molar-refractivity contribution is 0.360. The van der Waals surface area contributed by atoms with Gasteiger partial charge in [-0.05, 0) is 20.0 Å². The van der Waals surface area contributed by atoms with E-state index in [-0.39, 0.29) is 0 Å². The van der Waals surface area contributed by atoms with E-state index in [1.165, 1.54) is 6.42 Å². The van der Waals surface area contributed by atoms with Crippen molar-refractivity contribution in [3.8, 4) is 0 Å². The molecule has 5 heteroatoms. The topological polar surface area (TPSA) is 50.3 Å². The van der Waals surface area contributed by atoms with Crippen LogP contribution in [0.2, 0.25) is 0 Å². The molecule has 0 atom stereocenters. The van der Waals surface area contributed by atoms with E-state index in [1.54, 1.807) is 4.68 Å². The molecule has 0 spiro atoms. The third-order valence-electron chi connectivity index (χ3n) is 2.86. The zero-order chi connectivity index (χ0) is 10.8. The van der Waals surface area contributed by atoms with E-state index >= 15 is 0 Å². The van der Waals surface area contributed by atoms with Crippen molar-refractivity contribution in [2.24, 2.45) is 7.05 Å².